The number of aliphatic hydroxyl groups is 1. The van der Waals surface area contributed by atoms with E-state index in [2.05, 4.69) is 15.3 Å². The molecule has 1 aromatic heterocycles. The molecule has 30 heavy (non-hydrogen) atoms. The van der Waals surface area contributed by atoms with Crippen molar-refractivity contribution in [3.05, 3.63) is 64.8 Å². The summed E-state index contributed by atoms with van der Waals surface area (Å²) in [7, 11) is 0. The standard InChI is InChI=1S/C21H20F2N4O3/c1-11-24-4-3-18(25-11)19(28)26-14-8-16-17(21(2,30)9-14)10-27(20(16)29)15-6-12(22)5-13(23)7-15/h3-7,14,30H,8-10H2,1-2H3,(H,26,28)/t14-,21+/m0/s1. The molecule has 2 atom stereocenters. The molecule has 4 rings (SSSR count). The van der Waals surface area contributed by atoms with Gasteiger partial charge in [-0.25, -0.2) is 18.7 Å². The predicted octanol–water partition coefficient (Wildman–Crippen LogP) is 2.05. The van der Waals surface area contributed by atoms with Crippen molar-refractivity contribution < 1.29 is 23.5 Å². The zero-order chi connectivity index (χ0) is 21.6. The molecule has 0 spiro atoms. The minimum atomic E-state index is -1.36. The first-order valence-corrected chi connectivity index (χ1v) is 9.47. The molecule has 2 aliphatic rings. The van der Waals surface area contributed by atoms with Gasteiger partial charge in [0.15, 0.2) is 0 Å². The Bertz CT molecular complexity index is 1060. The number of amides is 2. The van der Waals surface area contributed by atoms with Crippen LogP contribution in [0.3, 0.4) is 0 Å². The molecule has 9 heteroatoms. The average molecular weight is 414 g/mol. The second kappa shape index (κ2) is 7.24. The van der Waals surface area contributed by atoms with Gasteiger partial charge < -0.3 is 15.3 Å². The molecular weight excluding hydrogens is 394 g/mol. The number of aryl methyl sites for hydroxylation is 1. The zero-order valence-corrected chi connectivity index (χ0v) is 16.4. The smallest absolute Gasteiger partial charge is 0.270 e. The Morgan fingerprint density at radius 2 is 2.00 bits per heavy atom. The highest BCUT2D eigenvalue weighted by atomic mass is 19.1. The summed E-state index contributed by atoms with van der Waals surface area (Å²) in [5.74, 6) is -2.00. The van der Waals surface area contributed by atoms with Crippen LogP contribution in [-0.4, -0.2) is 45.1 Å². The van der Waals surface area contributed by atoms with E-state index in [9.17, 15) is 23.5 Å². The monoisotopic (exact) mass is 414 g/mol. The van der Waals surface area contributed by atoms with E-state index in [0.29, 0.717) is 17.0 Å². The molecule has 0 bridgehead atoms. The van der Waals surface area contributed by atoms with Crippen molar-refractivity contribution in [1.29, 1.82) is 0 Å². The summed E-state index contributed by atoms with van der Waals surface area (Å²) in [6.07, 6.45) is 1.88. The Morgan fingerprint density at radius 1 is 1.30 bits per heavy atom. The van der Waals surface area contributed by atoms with Gasteiger partial charge in [0.2, 0.25) is 0 Å². The van der Waals surface area contributed by atoms with Crippen LogP contribution in [0.5, 0.6) is 0 Å². The van der Waals surface area contributed by atoms with Gasteiger partial charge in [0.25, 0.3) is 11.8 Å². The lowest BCUT2D eigenvalue weighted by Crippen LogP contribution is -2.46. The summed E-state index contributed by atoms with van der Waals surface area (Å²) in [5, 5.41) is 13.8. The van der Waals surface area contributed by atoms with Crippen LogP contribution in [0.1, 0.15) is 36.1 Å². The van der Waals surface area contributed by atoms with Crippen molar-refractivity contribution >= 4 is 17.5 Å². The molecule has 2 amide bonds. The maximum atomic E-state index is 13.6. The topological polar surface area (TPSA) is 95.4 Å². The summed E-state index contributed by atoms with van der Waals surface area (Å²) >= 11 is 0. The van der Waals surface area contributed by atoms with Crippen LogP contribution in [0.4, 0.5) is 14.5 Å². The quantitative estimate of drug-likeness (QED) is 0.802. The highest BCUT2D eigenvalue weighted by Crippen LogP contribution is 2.40. The first-order valence-electron chi connectivity index (χ1n) is 9.47. The Labute approximate surface area is 171 Å². The van der Waals surface area contributed by atoms with Gasteiger partial charge in [-0.15, -0.1) is 0 Å². The largest absolute Gasteiger partial charge is 0.386 e. The van der Waals surface area contributed by atoms with Crippen LogP contribution in [0.15, 0.2) is 41.6 Å². The number of nitrogens with zero attached hydrogens (tertiary/aromatic N) is 3. The number of carbonyl (C=O) groups is 2. The molecule has 0 radical (unpaired) electrons. The summed E-state index contributed by atoms with van der Waals surface area (Å²) in [4.78, 5) is 34.8. The molecule has 1 aromatic carbocycles. The van der Waals surface area contributed by atoms with Gasteiger partial charge in [0.1, 0.15) is 23.2 Å². The third-order valence-electron chi connectivity index (χ3n) is 5.43. The van der Waals surface area contributed by atoms with E-state index in [1.807, 2.05) is 0 Å². The van der Waals surface area contributed by atoms with E-state index < -0.39 is 35.1 Å². The molecule has 0 fully saturated rings. The summed E-state index contributed by atoms with van der Waals surface area (Å²) in [6, 6.07) is 3.85. The van der Waals surface area contributed by atoms with Gasteiger partial charge in [0.05, 0.1) is 17.8 Å². The van der Waals surface area contributed by atoms with Gasteiger partial charge in [-0.2, -0.15) is 0 Å². The van der Waals surface area contributed by atoms with Gasteiger partial charge >= 0.3 is 0 Å². The van der Waals surface area contributed by atoms with Crippen LogP contribution in [0.2, 0.25) is 0 Å². The maximum absolute atomic E-state index is 13.6. The van der Waals surface area contributed by atoms with E-state index in [1.165, 1.54) is 17.2 Å². The Kier molecular flexibility index (Phi) is 4.85. The number of carbonyl (C=O) groups excluding carboxylic acids is 2. The SMILES string of the molecule is Cc1nccc(C(=O)N[C@H]2CC3=C(CN(c4cc(F)cc(F)c4)C3=O)[C@](C)(O)C2)n1. The number of hydrogen-bond donors (Lipinski definition) is 2. The number of benzene rings is 1. The van der Waals surface area contributed by atoms with E-state index in [0.717, 1.165) is 18.2 Å². The Morgan fingerprint density at radius 3 is 2.67 bits per heavy atom. The van der Waals surface area contributed by atoms with Crippen molar-refractivity contribution in [2.45, 2.75) is 38.3 Å². The van der Waals surface area contributed by atoms with Crippen molar-refractivity contribution in [2.24, 2.45) is 0 Å². The summed E-state index contributed by atoms with van der Waals surface area (Å²) in [5.41, 5.74) is -0.236. The molecule has 0 unspecified atom stereocenters. The highest BCUT2D eigenvalue weighted by molar-refractivity contribution is 6.10. The minimum Gasteiger partial charge on any atom is -0.386 e. The number of anilines is 1. The van der Waals surface area contributed by atoms with E-state index in [-0.39, 0.29) is 30.8 Å². The first-order chi connectivity index (χ1) is 14.1. The molecule has 2 N–H and O–H groups in total. The third-order valence-corrected chi connectivity index (χ3v) is 5.43. The summed E-state index contributed by atoms with van der Waals surface area (Å²) < 4.78 is 27.3. The lowest BCUT2D eigenvalue weighted by molar-refractivity contribution is -0.114. The lowest BCUT2D eigenvalue weighted by Gasteiger charge is -2.35. The predicted molar refractivity (Wildman–Crippen MR) is 104 cm³/mol. The molecule has 1 aliphatic carbocycles. The van der Waals surface area contributed by atoms with Gasteiger partial charge in [-0.05, 0) is 44.0 Å². The Hall–Kier alpha value is -3.20. The van der Waals surface area contributed by atoms with Crippen LogP contribution >= 0.6 is 0 Å². The van der Waals surface area contributed by atoms with Gasteiger partial charge in [0, 0.05) is 30.3 Å². The first kappa shape index (κ1) is 20.1. The molecular formula is C21H20F2N4O3. The van der Waals surface area contributed by atoms with Crippen molar-refractivity contribution in [3.8, 4) is 0 Å². The molecule has 1 aliphatic heterocycles. The zero-order valence-electron chi connectivity index (χ0n) is 16.4. The maximum Gasteiger partial charge on any atom is 0.270 e. The summed E-state index contributed by atoms with van der Waals surface area (Å²) in [6.45, 7) is 3.27. The third kappa shape index (κ3) is 3.68. The highest BCUT2D eigenvalue weighted by Gasteiger charge is 2.45. The Balaban J connectivity index is 1.56. The number of hydrogen-bond acceptors (Lipinski definition) is 5. The second-order valence-corrected chi connectivity index (χ2v) is 7.82. The van der Waals surface area contributed by atoms with Crippen molar-refractivity contribution in [3.63, 3.8) is 0 Å². The fourth-order valence-corrected chi connectivity index (χ4v) is 4.09. The molecule has 0 saturated carbocycles. The number of halogens is 2. The lowest BCUT2D eigenvalue weighted by atomic mass is 9.78. The van der Waals surface area contributed by atoms with Gasteiger partial charge in [-0.3, -0.25) is 9.59 Å². The number of rotatable bonds is 3. The van der Waals surface area contributed by atoms with Crippen molar-refractivity contribution in [2.75, 3.05) is 11.4 Å². The van der Waals surface area contributed by atoms with E-state index in [4.69, 9.17) is 0 Å². The molecule has 0 saturated heterocycles. The van der Waals surface area contributed by atoms with Crippen LogP contribution < -0.4 is 10.2 Å². The fraction of sp³-hybridized carbons (Fsp3) is 0.333. The van der Waals surface area contributed by atoms with Crippen LogP contribution in [0, 0.1) is 18.6 Å². The van der Waals surface area contributed by atoms with Crippen molar-refractivity contribution in [1.82, 2.24) is 15.3 Å². The van der Waals surface area contributed by atoms with E-state index >= 15 is 0 Å². The van der Waals surface area contributed by atoms with Crippen LogP contribution in [0.25, 0.3) is 0 Å². The number of nitrogens with one attached hydrogen (secondary N) is 1. The minimum absolute atomic E-state index is 0.0375. The number of aromatic nitrogens is 2. The molecule has 156 valence electrons. The second-order valence-electron chi connectivity index (χ2n) is 7.82. The average Bonchev–Trinajstić information content (AvgIpc) is 2.98. The normalized spacial score (nSPS) is 23.6. The van der Waals surface area contributed by atoms with E-state index in [1.54, 1.807) is 13.8 Å². The van der Waals surface area contributed by atoms with Gasteiger partial charge in [-0.1, -0.05) is 0 Å². The molecule has 2 heterocycles. The van der Waals surface area contributed by atoms with Crippen LogP contribution in [-0.2, 0) is 4.79 Å². The molecule has 7 nitrogen and oxygen atoms in total. The fourth-order valence-electron chi connectivity index (χ4n) is 4.09. The molecule has 2 aromatic rings.